The smallest absolute Gasteiger partial charge is 0.329 e. The lowest BCUT2D eigenvalue weighted by Crippen LogP contribution is -2.53. The third-order valence-corrected chi connectivity index (χ3v) is 15.9. The number of amides is 2. The molecule has 3 saturated heterocycles. The Morgan fingerprint density at radius 2 is 1.72 bits per heavy atom. The standard InChI is InChI=1S/C48H60BrN12O5P/c1-7-30-25-37(53-47-50-27-34(49)45(55-47)52-36-12-11-35-33(28-56(2)29-51-35)44(36)67(5,6)65)41(66-4)26-40(30)60-19-16-32(17-20-60)59-23-21-58(22-24-59)18-15-31-9-8-10-38-43(31)57(3)48(64)61(38)39-13-14-42(62)54-46(39)63/h8-12,25-27,29,32,39H,7,13-24,28H2,1-6H3,(H,54,62,63)(H2,50,52,53,55). The van der Waals surface area contributed by atoms with Crippen LogP contribution in [0.4, 0.5) is 34.5 Å². The highest BCUT2D eigenvalue weighted by Crippen LogP contribution is 2.44. The van der Waals surface area contributed by atoms with Gasteiger partial charge in [0.1, 0.15) is 24.8 Å². The molecule has 0 spiro atoms. The Morgan fingerprint density at radius 3 is 2.43 bits per heavy atom. The van der Waals surface area contributed by atoms with E-state index in [2.05, 4.69) is 81.7 Å². The molecule has 0 bridgehead atoms. The summed E-state index contributed by atoms with van der Waals surface area (Å²) in [5, 5.41) is 10.0. The number of imidazole rings is 1. The fourth-order valence-corrected chi connectivity index (χ4v) is 12.2. The molecule has 4 aliphatic rings. The average Bonchev–Trinajstić information content (AvgIpc) is 3.57. The first-order valence-corrected chi connectivity index (χ1v) is 26.6. The monoisotopic (exact) mass is 994 g/mol. The van der Waals surface area contributed by atoms with Gasteiger partial charge in [-0.3, -0.25) is 28.9 Å². The number of piperidine rings is 2. The first-order chi connectivity index (χ1) is 32.2. The van der Waals surface area contributed by atoms with Crippen molar-refractivity contribution in [1.29, 1.82) is 0 Å². The highest BCUT2D eigenvalue weighted by molar-refractivity contribution is 9.10. The van der Waals surface area contributed by atoms with Gasteiger partial charge in [-0.2, -0.15) is 4.98 Å². The van der Waals surface area contributed by atoms with E-state index in [1.807, 2.05) is 36.2 Å². The SMILES string of the molecule is CCc1cc(Nc2ncc(Br)c(Nc3ccc4c(c3P(C)(C)=O)CN(C)C=N4)n2)c(OC)cc1N1CCC(N2CCN(CCc3cccc4c3n(C)c(=O)n4C3CCC(=O)NC3=O)CC2)CC1. The van der Waals surface area contributed by atoms with Gasteiger partial charge < -0.3 is 34.6 Å². The number of carbonyl (C=O) groups is 2. The Bertz CT molecular complexity index is 2860. The van der Waals surface area contributed by atoms with Crippen LogP contribution in [0.25, 0.3) is 11.0 Å². The van der Waals surface area contributed by atoms with Gasteiger partial charge in [-0.05, 0) is 96.8 Å². The van der Waals surface area contributed by atoms with E-state index in [4.69, 9.17) is 9.72 Å². The molecule has 3 N–H and O–H groups in total. The lowest BCUT2D eigenvalue weighted by atomic mass is 9.99. The highest BCUT2D eigenvalue weighted by atomic mass is 79.9. The predicted molar refractivity (Wildman–Crippen MR) is 269 cm³/mol. The average molecular weight is 996 g/mol. The highest BCUT2D eigenvalue weighted by Gasteiger charge is 2.33. The largest absolute Gasteiger partial charge is 0.494 e. The van der Waals surface area contributed by atoms with Crippen LogP contribution in [0.15, 0.2) is 62.9 Å². The van der Waals surface area contributed by atoms with E-state index in [-0.39, 0.29) is 18.0 Å². The van der Waals surface area contributed by atoms with Crippen molar-refractivity contribution in [1.82, 2.24) is 39.1 Å². The van der Waals surface area contributed by atoms with Crippen LogP contribution in [0.3, 0.4) is 0 Å². The molecule has 354 valence electrons. The van der Waals surface area contributed by atoms with Crippen molar-refractivity contribution in [2.75, 3.05) is 88.8 Å². The number of aromatic nitrogens is 4. The van der Waals surface area contributed by atoms with Crippen molar-refractivity contribution in [3.05, 3.63) is 80.3 Å². The third-order valence-electron chi connectivity index (χ3n) is 13.8. The number of benzene rings is 3. The first-order valence-electron chi connectivity index (χ1n) is 23.2. The molecule has 9 rings (SSSR count). The lowest BCUT2D eigenvalue weighted by molar-refractivity contribution is -0.135. The minimum absolute atomic E-state index is 0.219. The molecule has 19 heteroatoms. The number of rotatable bonds is 13. The molecule has 1 atom stereocenters. The molecular formula is C48H60BrN12O5P. The number of methoxy groups -OCH3 is 1. The maximum atomic E-state index is 13.7. The van der Waals surface area contributed by atoms with Crippen LogP contribution in [0.2, 0.25) is 0 Å². The number of fused-ring (bicyclic) bond motifs is 2. The van der Waals surface area contributed by atoms with Crippen molar-refractivity contribution in [3.63, 3.8) is 0 Å². The minimum atomic E-state index is -2.72. The van der Waals surface area contributed by atoms with Gasteiger partial charge in [0.25, 0.3) is 0 Å². The number of piperazine rings is 1. The van der Waals surface area contributed by atoms with Crippen LogP contribution in [-0.2, 0) is 40.6 Å². The molecule has 0 radical (unpaired) electrons. The van der Waals surface area contributed by atoms with E-state index in [1.54, 1.807) is 49.2 Å². The summed E-state index contributed by atoms with van der Waals surface area (Å²) in [4.78, 5) is 61.7. The van der Waals surface area contributed by atoms with E-state index in [9.17, 15) is 18.9 Å². The number of hydrogen-bond donors (Lipinski definition) is 3. The number of imide groups is 1. The van der Waals surface area contributed by atoms with E-state index in [1.165, 1.54) is 11.3 Å². The maximum Gasteiger partial charge on any atom is 0.329 e. The summed E-state index contributed by atoms with van der Waals surface area (Å²) in [6.45, 7) is 13.2. The summed E-state index contributed by atoms with van der Waals surface area (Å²) in [5.74, 6) is 0.929. The van der Waals surface area contributed by atoms with E-state index >= 15 is 0 Å². The predicted octanol–water partition coefficient (Wildman–Crippen LogP) is 6.11. The van der Waals surface area contributed by atoms with Crippen molar-refractivity contribution >= 4 is 92.1 Å². The number of nitrogens with zero attached hydrogens (tertiary/aromatic N) is 9. The number of halogens is 1. The summed E-state index contributed by atoms with van der Waals surface area (Å²) < 4.78 is 23.6. The van der Waals surface area contributed by atoms with Crippen LogP contribution in [0.1, 0.15) is 55.3 Å². The van der Waals surface area contributed by atoms with Gasteiger partial charge in [-0.25, -0.2) is 14.8 Å². The first kappa shape index (κ1) is 46.6. The van der Waals surface area contributed by atoms with Gasteiger partial charge in [0.2, 0.25) is 17.8 Å². The number of aliphatic imine (C=N–C) groups is 1. The van der Waals surface area contributed by atoms with E-state index < -0.39 is 19.1 Å². The van der Waals surface area contributed by atoms with Gasteiger partial charge in [0.05, 0.1) is 46.0 Å². The molecule has 67 heavy (non-hydrogen) atoms. The summed E-state index contributed by atoms with van der Waals surface area (Å²) in [6, 6.07) is 13.9. The van der Waals surface area contributed by atoms with Gasteiger partial charge in [0, 0.05) is 108 Å². The summed E-state index contributed by atoms with van der Waals surface area (Å²) in [6.07, 6.45) is 7.83. The fraction of sp³-hybridized carbons (Fsp3) is 0.458. The van der Waals surface area contributed by atoms with Crippen LogP contribution in [0.5, 0.6) is 5.75 Å². The zero-order valence-electron chi connectivity index (χ0n) is 39.1. The van der Waals surface area contributed by atoms with Crippen molar-refractivity contribution in [2.24, 2.45) is 12.0 Å². The van der Waals surface area contributed by atoms with Crippen LogP contribution < -0.4 is 36.6 Å². The molecule has 0 aliphatic carbocycles. The molecule has 2 aromatic heterocycles. The number of ether oxygens (including phenoxy) is 1. The summed E-state index contributed by atoms with van der Waals surface area (Å²) >= 11 is 3.63. The molecule has 3 fully saturated rings. The van der Waals surface area contributed by atoms with Crippen LogP contribution in [-0.4, -0.2) is 131 Å². The molecule has 6 heterocycles. The second-order valence-electron chi connectivity index (χ2n) is 18.5. The fourth-order valence-electron chi connectivity index (χ4n) is 10.3. The van der Waals surface area contributed by atoms with E-state index in [0.29, 0.717) is 41.0 Å². The van der Waals surface area contributed by atoms with Crippen molar-refractivity contribution in [2.45, 2.75) is 64.1 Å². The number of para-hydroxylation sites is 1. The normalized spacial score (nSPS) is 18.6. The Labute approximate surface area is 399 Å². The molecular weight excluding hydrogens is 935 g/mol. The Kier molecular flexibility index (Phi) is 13.4. The molecule has 17 nitrogen and oxygen atoms in total. The third kappa shape index (κ3) is 9.50. The van der Waals surface area contributed by atoms with Crippen LogP contribution >= 0.6 is 23.1 Å². The second-order valence-corrected chi connectivity index (χ2v) is 22.5. The van der Waals surface area contributed by atoms with Gasteiger partial charge in [-0.15, -0.1) is 0 Å². The Hall–Kier alpha value is -5.55. The quantitative estimate of drug-likeness (QED) is 0.0912. The summed E-state index contributed by atoms with van der Waals surface area (Å²) in [5.41, 5.74) is 8.11. The minimum Gasteiger partial charge on any atom is -0.494 e. The maximum absolute atomic E-state index is 13.7. The molecule has 0 saturated carbocycles. The number of carbonyl (C=O) groups excluding carboxylic acids is 2. The van der Waals surface area contributed by atoms with Gasteiger partial charge in [-0.1, -0.05) is 19.1 Å². The Balaban J connectivity index is 0.817. The molecule has 2 amide bonds. The topological polar surface area (TPSA) is 175 Å². The zero-order valence-corrected chi connectivity index (χ0v) is 41.6. The second kappa shape index (κ2) is 19.2. The number of hydrogen-bond acceptors (Lipinski definition) is 14. The zero-order chi connectivity index (χ0) is 47.1. The van der Waals surface area contributed by atoms with Gasteiger partial charge in [0.15, 0.2) is 0 Å². The number of nitrogens with one attached hydrogen (secondary N) is 3. The molecule has 3 aromatic carbocycles. The summed E-state index contributed by atoms with van der Waals surface area (Å²) in [7, 11) is 2.69. The molecule has 1 unspecified atom stereocenters. The Morgan fingerprint density at radius 1 is 0.940 bits per heavy atom. The molecule has 4 aliphatic heterocycles. The van der Waals surface area contributed by atoms with Crippen molar-refractivity contribution < 1.29 is 18.9 Å². The van der Waals surface area contributed by atoms with E-state index in [0.717, 1.165) is 116 Å². The van der Waals surface area contributed by atoms with Crippen molar-refractivity contribution in [3.8, 4) is 5.75 Å². The lowest BCUT2D eigenvalue weighted by Gasteiger charge is -2.43. The van der Waals surface area contributed by atoms with Gasteiger partial charge >= 0.3 is 5.69 Å². The molecule has 5 aromatic rings. The van der Waals surface area contributed by atoms with Crippen LogP contribution in [0, 0.1) is 0 Å². The number of anilines is 5. The number of aryl methyl sites for hydroxylation is 2.